The van der Waals surface area contributed by atoms with Gasteiger partial charge in [-0.3, -0.25) is 0 Å². The van der Waals surface area contributed by atoms with E-state index in [9.17, 15) is 0 Å². The Labute approximate surface area is 119 Å². The molecular weight excluding hydrogens is 263 g/mol. The number of aryl methyl sites for hydroxylation is 1. The lowest BCUT2D eigenvalue weighted by Crippen LogP contribution is -1.93. The third kappa shape index (κ3) is 2.88. The number of hydrogen-bond acceptors (Lipinski definition) is 0. The minimum atomic E-state index is 0.455. The molecule has 2 aromatic carbocycles. The van der Waals surface area contributed by atoms with E-state index in [2.05, 4.69) is 32.9 Å². The van der Waals surface area contributed by atoms with Crippen molar-refractivity contribution in [3.05, 3.63) is 57.6 Å². The van der Waals surface area contributed by atoms with Crippen LogP contribution in [-0.4, -0.2) is 0 Å². The Morgan fingerprint density at radius 1 is 0.889 bits per heavy atom. The van der Waals surface area contributed by atoms with Crippen LogP contribution in [0.1, 0.15) is 30.9 Å². The average molecular weight is 279 g/mol. The Kier molecular flexibility index (Phi) is 3.99. The van der Waals surface area contributed by atoms with Crippen LogP contribution in [-0.2, 0) is 0 Å². The van der Waals surface area contributed by atoms with Crippen molar-refractivity contribution in [2.45, 2.75) is 26.7 Å². The number of hydrogen-bond donors (Lipinski definition) is 0. The maximum absolute atomic E-state index is 6.14. The van der Waals surface area contributed by atoms with E-state index >= 15 is 0 Å². The molecule has 0 aliphatic carbocycles. The molecule has 94 valence electrons. The van der Waals surface area contributed by atoms with Crippen molar-refractivity contribution < 1.29 is 0 Å². The maximum Gasteiger partial charge on any atom is 0.0414 e. The van der Waals surface area contributed by atoms with Gasteiger partial charge in [0.2, 0.25) is 0 Å². The van der Waals surface area contributed by atoms with Gasteiger partial charge in [-0.2, -0.15) is 0 Å². The van der Waals surface area contributed by atoms with Crippen molar-refractivity contribution in [1.29, 1.82) is 0 Å². The summed E-state index contributed by atoms with van der Waals surface area (Å²) in [6.07, 6.45) is 0. The normalized spacial score (nSPS) is 11.0. The molecule has 0 aliphatic heterocycles. The standard InChI is InChI=1S/C16H16Cl2/c1-10(2)15-5-4-13(17)9-16(15)12-6-11(3)7-14(18)8-12/h4-10H,1-3H3. The van der Waals surface area contributed by atoms with Gasteiger partial charge in [-0.05, 0) is 59.4 Å². The highest BCUT2D eigenvalue weighted by Crippen LogP contribution is 2.33. The van der Waals surface area contributed by atoms with Crippen LogP contribution >= 0.6 is 23.2 Å². The summed E-state index contributed by atoms with van der Waals surface area (Å²) in [5.74, 6) is 0.455. The van der Waals surface area contributed by atoms with E-state index < -0.39 is 0 Å². The second-order valence-corrected chi connectivity index (χ2v) is 5.78. The van der Waals surface area contributed by atoms with E-state index in [-0.39, 0.29) is 0 Å². The summed E-state index contributed by atoms with van der Waals surface area (Å²) in [6.45, 7) is 6.42. The highest BCUT2D eigenvalue weighted by Gasteiger charge is 2.10. The van der Waals surface area contributed by atoms with E-state index in [4.69, 9.17) is 23.2 Å². The summed E-state index contributed by atoms with van der Waals surface area (Å²) in [4.78, 5) is 0. The molecule has 2 heteroatoms. The summed E-state index contributed by atoms with van der Waals surface area (Å²) >= 11 is 12.3. The summed E-state index contributed by atoms with van der Waals surface area (Å²) in [7, 11) is 0. The van der Waals surface area contributed by atoms with Crippen molar-refractivity contribution in [2.24, 2.45) is 0 Å². The highest BCUT2D eigenvalue weighted by molar-refractivity contribution is 6.31. The molecule has 18 heavy (non-hydrogen) atoms. The van der Waals surface area contributed by atoms with E-state index in [1.54, 1.807) is 0 Å². The molecule has 0 heterocycles. The van der Waals surface area contributed by atoms with Crippen LogP contribution in [0.25, 0.3) is 11.1 Å². The fourth-order valence-corrected chi connectivity index (χ4v) is 2.64. The van der Waals surface area contributed by atoms with E-state index in [0.717, 1.165) is 21.2 Å². The van der Waals surface area contributed by atoms with Crippen LogP contribution < -0.4 is 0 Å². The van der Waals surface area contributed by atoms with Crippen LogP contribution in [0.5, 0.6) is 0 Å². The van der Waals surface area contributed by atoms with Gasteiger partial charge in [0, 0.05) is 10.0 Å². The Hall–Kier alpha value is -0.980. The molecule has 0 saturated heterocycles. The number of halogens is 2. The number of rotatable bonds is 2. The minimum Gasteiger partial charge on any atom is -0.0843 e. The molecule has 0 unspecified atom stereocenters. The van der Waals surface area contributed by atoms with Gasteiger partial charge in [-0.25, -0.2) is 0 Å². The Bertz CT molecular complexity index is 551. The first-order chi connectivity index (χ1) is 8.47. The SMILES string of the molecule is Cc1cc(Cl)cc(-c2cc(Cl)ccc2C(C)C)c1. The first-order valence-corrected chi connectivity index (χ1v) is 6.80. The van der Waals surface area contributed by atoms with Crippen LogP contribution in [0.15, 0.2) is 36.4 Å². The van der Waals surface area contributed by atoms with E-state index in [1.807, 2.05) is 24.3 Å². The second-order valence-electron chi connectivity index (χ2n) is 4.90. The van der Waals surface area contributed by atoms with Crippen molar-refractivity contribution in [2.75, 3.05) is 0 Å². The van der Waals surface area contributed by atoms with Gasteiger partial charge in [0.05, 0.1) is 0 Å². The fraction of sp³-hybridized carbons (Fsp3) is 0.250. The van der Waals surface area contributed by atoms with Crippen molar-refractivity contribution in [1.82, 2.24) is 0 Å². The largest absolute Gasteiger partial charge is 0.0843 e. The second kappa shape index (κ2) is 5.34. The van der Waals surface area contributed by atoms with Gasteiger partial charge < -0.3 is 0 Å². The first kappa shape index (κ1) is 13.5. The van der Waals surface area contributed by atoms with E-state index in [0.29, 0.717) is 5.92 Å². The molecule has 0 bridgehead atoms. The Balaban J connectivity index is 2.65. The molecular formula is C16H16Cl2. The van der Waals surface area contributed by atoms with Gasteiger partial charge in [0.15, 0.2) is 0 Å². The molecule has 0 nitrogen and oxygen atoms in total. The Morgan fingerprint density at radius 2 is 1.61 bits per heavy atom. The molecule has 0 radical (unpaired) electrons. The molecule has 0 fully saturated rings. The minimum absolute atomic E-state index is 0.455. The lowest BCUT2D eigenvalue weighted by atomic mass is 9.92. The first-order valence-electron chi connectivity index (χ1n) is 6.04. The molecule has 0 spiro atoms. The molecule has 0 N–H and O–H groups in total. The Morgan fingerprint density at radius 3 is 2.22 bits per heavy atom. The highest BCUT2D eigenvalue weighted by atomic mass is 35.5. The molecule has 0 aromatic heterocycles. The van der Waals surface area contributed by atoms with Gasteiger partial charge in [0.1, 0.15) is 0 Å². The van der Waals surface area contributed by atoms with Gasteiger partial charge in [0.25, 0.3) is 0 Å². The molecule has 0 aliphatic rings. The van der Waals surface area contributed by atoms with Crippen LogP contribution in [0, 0.1) is 6.92 Å². The molecule has 2 rings (SSSR count). The average Bonchev–Trinajstić information content (AvgIpc) is 2.27. The van der Waals surface area contributed by atoms with Crippen molar-refractivity contribution in [3.8, 4) is 11.1 Å². The van der Waals surface area contributed by atoms with Crippen LogP contribution in [0.3, 0.4) is 0 Å². The zero-order valence-electron chi connectivity index (χ0n) is 10.8. The van der Waals surface area contributed by atoms with Crippen LogP contribution in [0.2, 0.25) is 10.0 Å². The predicted octanol–water partition coefficient (Wildman–Crippen LogP) is 6.09. The summed E-state index contributed by atoms with van der Waals surface area (Å²) < 4.78 is 0. The van der Waals surface area contributed by atoms with Crippen LogP contribution in [0.4, 0.5) is 0 Å². The zero-order chi connectivity index (χ0) is 13.3. The lowest BCUT2D eigenvalue weighted by Gasteiger charge is -2.14. The number of benzene rings is 2. The smallest absolute Gasteiger partial charge is 0.0414 e. The molecule has 0 saturated carbocycles. The monoisotopic (exact) mass is 278 g/mol. The van der Waals surface area contributed by atoms with Gasteiger partial charge in [-0.1, -0.05) is 49.2 Å². The molecule has 0 atom stereocenters. The van der Waals surface area contributed by atoms with Crippen molar-refractivity contribution >= 4 is 23.2 Å². The van der Waals surface area contributed by atoms with Crippen molar-refractivity contribution in [3.63, 3.8) is 0 Å². The quantitative estimate of drug-likeness (QED) is 0.623. The summed E-state index contributed by atoms with van der Waals surface area (Å²) in [5.41, 5.74) is 4.75. The lowest BCUT2D eigenvalue weighted by molar-refractivity contribution is 0.869. The predicted molar refractivity (Wildman–Crippen MR) is 80.7 cm³/mol. The maximum atomic E-state index is 6.14. The topological polar surface area (TPSA) is 0 Å². The molecule has 2 aromatic rings. The molecule has 0 amide bonds. The third-order valence-corrected chi connectivity index (χ3v) is 3.44. The summed E-state index contributed by atoms with van der Waals surface area (Å²) in [6, 6.07) is 12.2. The third-order valence-electron chi connectivity index (χ3n) is 2.99. The van der Waals surface area contributed by atoms with E-state index in [1.165, 1.54) is 11.1 Å². The zero-order valence-corrected chi connectivity index (χ0v) is 12.3. The van der Waals surface area contributed by atoms with Gasteiger partial charge >= 0.3 is 0 Å². The summed E-state index contributed by atoms with van der Waals surface area (Å²) in [5, 5.41) is 1.52. The van der Waals surface area contributed by atoms with Gasteiger partial charge in [-0.15, -0.1) is 0 Å². The fourth-order valence-electron chi connectivity index (χ4n) is 2.17.